The average Bonchev–Trinajstić information content (AvgIpc) is 2.71. The summed E-state index contributed by atoms with van der Waals surface area (Å²) in [7, 11) is 1.95. The normalized spacial score (nSPS) is 11.2. The largest absolute Gasteiger partial charge is 0.489 e. The lowest BCUT2D eigenvalue weighted by Gasteiger charge is -2.15. The van der Waals surface area contributed by atoms with E-state index in [1.54, 1.807) is 0 Å². The van der Waals surface area contributed by atoms with Crippen LogP contribution in [0.15, 0.2) is 66.7 Å². The average molecular weight is 401 g/mol. The van der Waals surface area contributed by atoms with Crippen molar-refractivity contribution in [3.8, 4) is 11.5 Å². The Morgan fingerprint density at radius 2 is 1.45 bits per heavy atom. The molecule has 0 saturated carbocycles. The Morgan fingerprint density at radius 3 is 1.97 bits per heavy atom. The standard InChI is InChI=1S/C18H23NO2.C4H4O4/c1-15(12-19-2)13-20-17-10-6-7-11-18(17)21-14-16-8-4-3-5-9-16;5-3(6)1-2-4(7)8/h3-11,15,19H,12-14H2,1-2H3;1-2H,(H,5,6)(H,7,8)/b;2-1+. The molecule has 0 bridgehead atoms. The van der Waals surface area contributed by atoms with E-state index in [1.165, 1.54) is 0 Å². The molecule has 0 heterocycles. The second kappa shape index (κ2) is 13.8. The molecular formula is C22H27NO6. The number of hydrogen-bond donors (Lipinski definition) is 3. The molecule has 7 nitrogen and oxygen atoms in total. The molecule has 1 unspecified atom stereocenters. The maximum atomic E-state index is 9.55. The monoisotopic (exact) mass is 401 g/mol. The molecule has 7 heteroatoms. The number of carboxylic acid groups (broad SMARTS) is 2. The number of benzene rings is 2. The third-order valence-corrected chi connectivity index (χ3v) is 3.53. The summed E-state index contributed by atoms with van der Waals surface area (Å²) in [5.41, 5.74) is 1.15. The van der Waals surface area contributed by atoms with Crippen molar-refractivity contribution in [3.63, 3.8) is 0 Å². The number of ether oxygens (including phenoxy) is 2. The van der Waals surface area contributed by atoms with Crippen LogP contribution in [0.5, 0.6) is 11.5 Å². The first-order chi connectivity index (χ1) is 13.9. The molecule has 0 radical (unpaired) electrons. The van der Waals surface area contributed by atoms with Gasteiger partial charge in [-0.1, -0.05) is 49.4 Å². The minimum atomic E-state index is -1.26. The van der Waals surface area contributed by atoms with E-state index >= 15 is 0 Å². The van der Waals surface area contributed by atoms with Crippen LogP contribution >= 0.6 is 0 Å². The van der Waals surface area contributed by atoms with Crippen molar-refractivity contribution < 1.29 is 29.3 Å². The van der Waals surface area contributed by atoms with Crippen LogP contribution in [0, 0.1) is 5.92 Å². The second-order valence-corrected chi connectivity index (χ2v) is 6.20. The first-order valence-corrected chi connectivity index (χ1v) is 9.09. The fourth-order valence-corrected chi connectivity index (χ4v) is 2.21. The summed E-state index contributed by atoms with van der Waals surface area (Å²) >= 11 is 0. The number of aliphatic carboxylic acids is 2. The van der Waals surface area contributed by atoms with Gasteiger partial charge in [0.1, 0.15) is 6.61 Å². The van der Waals surface area contributed by atoms with Crippen LogP contribution in [0.3, 0.4) is 0 Å². The predicted molar refractivity (Wildman–Crippen MR) is 110 cm³/mol. The molecule has 0 fully saturated rings. The van der Waals surface area contributed by atoms with Crippen molar-refractivity contribution in [2.45, 2.75) is 13.5 Å². The van der Waals surface area contributed by atoms with Crippen molar-refractivity contribution >= 4 is 11.9 Å². The summed E-state index contributed by atoms with van der Waals surface area (Å²) in [6, 6.07) is 18.0. The van der Waals surface area contributed by atoms with Crippen LogP contribution in [-0.4, -0.2) is 42.4 Å². The van der Waals surface area contributed by atoms with E-state index in [0.29, 0.717) is 31.3 Å². The Hall–Kier alpha value is -3.32. The molecule has 2 rings (SSSR count). The van der Waals surface area contributed by atoms with Gasteiger partial charge in [-0.15, -0.1) is 0 Å². The van der Waals surface area contributed by atoms with Gasteiger partial charge in [-0.25, -0.2) is 9.59 Å². The highest BCUT2D eigenvalue weighted by molar-refractivity contribution is 5.89. The maximum Gasteiger partial charge on any atom is 0.328 e. The maximum absolute atomic E-state index is 9.55. The summed E-state index contributed by atoms with van der Waals surface area (Å²) in [4.78, 5) is 19.1. The van der Waals surface area contributed by atoms with E-state index in [0.717, 1.165) is 23.6 Å². The lowest BCUT2D eigenvalue weighted by molar-refractivity contribution is -0.134. The van der Waals surface area contributed by atoms with Crippen LogP contribution < -0.4 is 14.8 Å². The molecule has 0 aliphatic carbocycles. The topological polar surface area (TPSA) is 105 Å². The van der Waals surface area contributed by atoms with Crippen molar-refractivity contribution in [2.24, 2.45) is 5.92 Å². The van der Waals surface area contributed by atoms with Gasteiger partial charge in [0.25, 0.3) is 0 Å². The van der Waals surface area contributed by atoms with E-state index in [-0.39, 0.29) is 0 Å². The van der Waals surface area contributed by atoms with E-state index in [4.69, 9.17) is 19.7 Å². The van der Waals surface area contributed by atoms with Gasteiger partial charge in [-0.3, -0.25) is 0 Å². The van der Waals surface area contributed by atoms with Crippen molar-refractivity contribution in [3.05, 3.63) is 72.3 Å². The Balaban J connectivity index is 0.000000447. The Bertz CT molecular complexity index is 760. The molecule has 2 aromatic rings. The van der Waals surface area contributed by atoms with Gasteiger partial charge in [0, 0.05) is 24.6 Å². The molecule has 3 N–H and O–H groups in total. The lowest BCUT2D eigenvalue weighted by atomic mass is 10.2. The Morgan fingerprint density at radius 1 is 0.931 bits per heavy atom. The third-order valence-electron chi connectivity index (χ3n) is 3.53. The van der Waals surface area contributed by atoms with Gasteiger partial charge >= 0.3 is 11.9 Å². The SMILES string of the molecule is CNCC(C)COc1ccccc1OCc1ccccc1.O=C(O)/C=C/C(=O)O. The number of carbonyl (C=O) groups is 2. The fraction of sp³-hybridized carbons (Fsp3) is 0.273. The number of carboxylic acids is 2. The summed E-state index contributed by atoms with van der Waals surface area (Å²) in [6.07, 6.45) is 1.12. The number of para-hydroxylation sites is 2. The fourth-order valence-electron chi connectivity index (χ4n) is 2.21. The number of nitrogens with one attached hydrogen (secondary N) is 1. The van der Waals surface area contributed by atoms with Crippen LogP contribution in [0.4, 0.5) is 0 Å². The van der Waals surface area contributed by atoms with Crippen molar-refractivity contribution in [1.82, 2.24) is 5.32 Å². The molecule has 2 aromatic carbocycles. The molecular weight excluding hydrogens is 374 g/mol. The molecule has 0 amide bonds. The Labute approximate surface area is 170 Å². The third kappa shape index (κ3) is 11.2. The van der Waals surface area contributed by atoms with E-state index in [2.05, 4.69) is 24.4 Å². The highest BCUT2D eigenvalue weighted by Crippen LogP contribution is 2.27. The van der Waals surface area contributed by atoms with E-state index in [1.807, 2.05) is 49.5 Å². The van der Waals surface area contributed by atoms with Crippen LogP contribution in [-0.2, 0) is 16.2 Å². The van der Waals surface area contributed by atoms with Crippen molar-refractivity contribution in [2.75, 3.05) is 20.2 Å². The van der Waals surface area contributed by atoms with Crippen LogP contribution in [0.1, 0.15) is 12.5 Å². The van der Waals surface area contributed by atoms with E-state index < -0.39 is 11.9 Å². The summed E-state index contributed by atoms with van der Waals surface area (Å²) < 4.78 is 11.7. The molecule has 0 saturated heterocycles. The second-order valence-electron chi connectivity index (χ2n) is 6.20. The van der Waals surface area contributed by atoms with Crippen LogP contribution in [0.25, 0.3) is 0 Å². The molecule has 0 spiro atoms. The zero-order chi connectivity index (χ0) is 21.5. The molecule has 0 aliphatic heterocycles. The smallest absolute Gasteiger partial charge is 0.328 e. The predicted octanol–water partition coefficient (Wildman–Crippen LogP) is 3.21. The highest BCUT2D eigenvalue weighted by Gasteiger charge is 2.07. The molecule has 156 valence electrons. The first kappa shape index (κ1) is 23.7. The zero-order valence-electron chi connectivity index (χ0n) is 16.6. The molecule has 0 aromatic heterocycles. The number of hydrogen-bond acceptors (Lipinski definition) is 5. The first-order valence-electron chi connectivity index (χ1n) is 9.09. The van der Waals surface area contributed by atoms with Crippen molar-refractivity contribution in [1.29, 1.82) is 0 Å². The number of rotatable bonds is 10. The molecule has 0 aliphatic rings. The molecule has 29 heavy (non-hydrogen) atoms. The lowest BCUT2D eigenvalue weighted by Crippen LogP contribution is -2.21. The van der Waals surface area contributed by atoms with Crippen LogP contribution in [0.2, 0.25) is 0 Å². The van der Waals surface area contributed by atoms with Gasteiger partial charge in [-0.05, 0) is 24.7 Å². The minimum absolute atomic E-state index is 0.456. The highest BCUT2D eigenvalue weighted by atomic mass is 16.5. The molecule has 1 atom stereocenters. The summed E-state index contributed by atoms with van der Waals surface area (Å²) in [5.74, 6) is -0.466. The zero-order valence-corrected chi connectivity index (χ0v) is 16.6. The van der Waals surface area contributed by atoms with Gasteiger partial charge in [-0.2, -0.15) is 0 Å². The van der Waals surface area contributed by atoms with Gasteiger partial charge < -0.3 is 25.0 Å². The van der Waals surface area contributed by atoms with Gasteiger partial charge in [0.2, 0.25) is 0 Å². The summed E-state index contributed by atoms with van der Waals surface area (Å²) in [5, 5.41) is 18.8. The van der Waals surface area contributed by atoms with Gasteiger partial charge in [0.05, 0.1) is 6.61 Å². The Kier molecular flexibility index (Phi) is 11.3. The van der Waals surface area contributed by atoms with E-state index in [9.17, 15) is 9.59 Å². The van der Waals surface area contributed by atoms with Gasteiger partial charge in [0.15, 0.2) is 11.5 Å². The minimum Gasteiger partial charge on any atom is -0.489 e. The quantitative estimate of drug-likeness (QED) is 0.525. The summed E-state index contributed by atoms with van der Waals surface area (Å²) in [6.45, 7) is 4.32.